The molecule has 0 amide bonds. The van der Waals surface area contributed by atoms with Gasteiger partial charge in [-0.1, -0.05) is 48.0 Å². The summed E-state index contributed by atoms with van der Waals surface area (Å²) in [5.74, 6) is 1.03. The number of ether oxygens (including phenoxy) is 1. The van der Waals surface area contributed by atoms with E-state index in [1.165, 1.54) is 0 Å². The number of rotatable bonds is 5. The third kappa shape index (κ3) is 4.88. The van der Waals surface area contributed by atoms with Gasteiger partial charge in [-0.15, -0.1) is 10.2 Å². The second-order valence-electron chi connectivity index (χ2n) is 9.67. The molecule has 0 aliphatic rings. The van der Waals surface area contributed by atoms with Crippen LogP contribution in [0.2, 0.25) is 5.02 Å². The van der Waals surface area contributed by atoms with E-state index in [0.717, 1.165) is 39.1 Å². The smallest absolute Gasteiger partial charge is 0.310 e. The molecular formula is C28H26ClN5O2. The molecule has 0 saturated heterocycles. The van der Waals surface area contributed by atoms with Crippen molar-refractivity contribution < 1.29 is 9.53 Å². The van der Waals surface area contributed by atoms with Gasteiger partial charge in [0.15, 0.2) is 0 Å². The summed E-state index contributed by atoms with van der Waals surface area (Å²) >= 11 is 6.28. The maximum atomic E-state index is 12.2. The molecule has 0 aliphatic carbocycles. The first-order valence-electron chi connectivity index (χ1n) is 11.6. The Balaban J connectivity index is 1.44. The predicted octanol–water partition coefficient (Wildman–Crippen LogP) is 6.25. The summed E-state index contributed by atoms with van der Waals surface area (Å²) in [5.41, 5.74) is 4.38. The normalized spacial score (nSPS) is 11.7. The first-order valence-corrected chi connectivity index (χ1v) is 12.0. The molecule has 5 rings (SSSR count). The van der Waals surface area contributed by atoms with Crippen LogP contribution in [0.15, 0.2) is 73.1 Å². The molecule has 36 heavy (non-hydrogen) atoms. The lowest BCUT2D eigenvalue weighted by Gasteiger charge is -2.21. The van der Waals surface area contributed by atoms with Gasteiger partial charge in [-0.3, -0.25) is 9.20 Å². The highest BCUT2D eigenvalue weighted by Crippen LogP contribution is 2.33. The minimum Gasteiger partial charge on any atom is -0.460 e. The Morgan fingerprint density at radius 3 is 2.56 bits per heavy atom. The van der Waals surface area contributed by atoms with E-state index in [4.69, 9.17) is 21.3 Å². The SMILES string of the molecule is CN(c1cccc(-c2ccc(CC(=O)OC(C)(C)C)cc2)c1)c1nc2nncn2c2cc(Cl)ccc12. The molecule has 3 aromatic carbocycles. The molecule has 0 aliphatic heterocycles. The fourth-order valence-electron chi connectivity index (χ4n) is 4.15. The van der Waals surface area contributed by atoms with Crippen molar-refractivity contribution in [2.45, 2.75) is 32.8 Å². The maximum absolute atomic E-state index is 12.2. The van der Waals surface area contributed by atoms with E-state index in [0.29, 0.717) is 10.8 Å². The van der Waals surface area contributed by atoms with E-state index in [2.05, 4.69) is 22.3 Å². The highest BCUT2D eigenvalue weighted by molar-refractivity contribution is 6.31. The number of carbonyl (C=O) groups is 1. The molecule has 8 heteroatoms. The Labute approximate surface area is 214 Å². The first-order chi connectivity index (χ1) is 17.2. The standard InChI is InChI=1S/C28H26ClN5O2/c1-28(2,3)36-25(35)14-18-8-10-19(11-9-18)20-6-5-7-22(15-20)33(4)26-23-13-12-21(29)16-24(23)34-17-30-32-27(34)31-26/h5-13,15-17H,14H2,1-4H3. The molecule has 0 saturated carbocycles. The number of nitrogens with zero attached hydrogens (tertiary/aromatic N) is 5. The van der Waals surface area contributed by atoms with Gasteiger partial charge in [0.05, 0.1) is 11.9 Å². The number of anilines is 2. The number of benzene rings is 3. The molecule has 0 spiro atoms. The number of hydrogen-bond acceptors (Lipinski definition) is 6. The molecular weight excluding hydrogens is 474 g/mol. The summed E-state index contributed by atoms with van der Waals surface area (Å²) in [5, 5.41) is 9.73. The highest BCUT2D eigenvalue weighted by Gasteiger charge is 2.17. The lowest BCUT2D eigenvalue weighted by Crippen LogP contribution is -2.24. The lowest BCUT2D eigenvalue weighted by atomic mass is 10.0. The summed E-state index contributed by atoms with van der Waals surface area (Å²) in [6, 6.07) is 21.9. The van der Waals surface area contributed by atoms with Crippen molar-refractivity contribution in [3.63, 3.8) is 0 Å². The van der Waals surface area contributed by atoms with Crippen LogP contribution in [0.5, 0.6) is 0 Å². The monoisotopic (exact) mass is 499 g/mol. The number of aromatic nitrogens is 4. The van der Waals surface area contributed by atoms with E-state index in [9.17, 15) is 4.79 Å². The topological polar surface area (TPSA) is 72.6 Å². The molecule has 0 unspecified atom stereocenters. The number of carbonyl (C=O) groups excluding carboxylic acids is 1. The van der Waals surface area contributed by atoms with Crippen LogP contribution in [0.3, 0.4) is 0 Å². The van der Waals surface area contributed by atoms with E-state index in [1.54, 1.807) is 6.33 Å². The van der Waals surface area contributed by atoms with Crippen molar-refractivity contribution in [1.29, 1.82) is 0 Å². The van der Waals surface area contributed by atoms with Gasteiger partial charge >= 0.3 is 5.97 Å². The lowest BCUT2D eigenvalue weighted by molar-refractivity contribution is -0.153. The summed E-state index contributed by atoms with van der Waals surface area (Å²) < 4.78 is 7.26. The highest BCUT2D eigenvalue weighted by atomic mass is 35.5. The summed E-state index contributed by atoms with van der Waals surface area (Å²) in [7, 11) is 1.98. The summed E-state index contributed by atoms with van der Waals surface area (Å²) in [6.45, 7) is 5.61. The molecule has 0 radical (unpaired) electrons. The van der Waals surface area contributed by atoms with Crippen LogP contribution >= 0.6 is 11.6 Å². The molecule has 2 heterocycles. The summed E-state index contributed by atoms with van der Waals surface area (Å²) in [4.78, 5) is 19.0. The van der Waals surface area contributed by atoms with E-state index in [-0.39, 0.29) is 12.4 Å². The number of halogens is 1. The van der Waals surface area contributed by atoms with Gasteiger partial charge in [0.1, 0.15) is 17.7 Å². The zero-order valence-electron chi connectivity index (χ0n) is 20.6. The molecule has 2 aromatic heterocycles. The number of fused-ring (bicyclic) bond motifs is 3. The molecule has 182 valence electrons. The van der Waals surface area contributed by atoms with E-state index >= 15 is 0 Å². The van der Waals surface area contributed by atoms with Crippen LogP contribution in [-0.4, -0.2) is 38.2 Å². The van der Waals surface area contributed by atoms with Crippen molar-refractivity contribution in [1.82, 2.24) is 19.6 Å². The zero-order chi connectivity index (χ0) is 25.4. The van der Waals surface area contributed by atoms with Gasteiger partial charge in [-0.05, 0) is 67.8 Å². The second kappa shape index (κ2) is 9.24. The quantitative estimate of drug-likeness (QED) is 0.266. The van der Waals surface area contributed by atoms with Crippen molar-refractivity contribution >= 4 is 45.8 Å². The van der Waals surface area contributed by atoms with Gasteiger partial charge in [-0.2, -0.15) is 4.98 Å². The molecule has 0 N–H and O–H groups in total. The van der Waals surface area contributed by atoms with Crippen LogP contribution in [0.4, 0.5) is 11.5 Å². The average molecular weight is 500 g/mol. The Morgan fingerprint density at radius 2 is 1.81 bits per heavy atom. The molecule has 0 fully saturated rings. The Kier molecular flexibility index (Phi) is 6.10. The fraction of sp³-hybridized carbons (Fsp3) is 0.214. The van der Waals surface area contributed by atoms with Gasteiger partial charge in [0.25, 0.3) is 5.78 Å². The summed E-state index contributed by atoms with van der Waals surface area (Å²) in [6.07, 6.45) is 1.88. The van der Waals surface area contributed by atoms with Crippen LogP contribution in [-0.2, 0) is 16.0 Å². The van der Waals surface area contributed by atoms with Crippen LogP contribution in [0.25, 0.3) is 27.8 Å². The van der Waals surface area contributed by atoms with Crippen molar-refractivity contribution in [3.8, 4) is 11.1 Å². The van der Waals surface area contributed by atoms with Gasteiger partial charge < -0.3 is 9.64 Å². The van der Waals surface area contributed by atoms with Crippen molar-refractivity contribution in [2.24, 2.45) is 0 Å². The molecule has 0 atom stereocenters. The second-order valence-corrected chi connectivity index (χ2v) is 10.1. The first kappa shape index (κ1) is 23.8. The van der Waals surface area contributed by atoms with Crippen LogP contribution < -0.4 is 4.90 Å². The van der Waals surface area contributed by atoms with Gasteiger partial charge in [0.2, 0.25) is 0 Å². The van der Waals surface area contributed by atoms with Crippen LogP contribution in [0.1, 0.15) is 26.3 Å². The Morgan fingerprint density at radius 1 is 1.03 bits per heavy atom. The van der Waals surface area contributed by atoms with Crippen molar-refractivity contribution in [2.75, 3.05) is 11.9 Å². The fourth-order valence-corrected chi connectivity index (χ4v) is 4.32. The van der Waals surface area contributed by atoms with Crippen molar-refractivity contribution in [3.05, 3.63) is 83.6 Å². The third-order valence-electron chi connectivity index (χ3n) is 5.80. The number of hydrogen-bond donors (Lipinski definition) is 0. The predicted molar refractivity (Wildman–Crippen MR) is 143 cm³/mol. The number of esters is 1. The molecule has 7 nitrogen and oxygen atoms in total. The van der Waals surface area contributed by atoms with Gasteiger partial charge in [0, 0.05) is 23.1 Å². The van der Waals surface area contributed by atoms with E-state index in [1.807, 2.05) is 91.7 Å². The largest absolute Gasteiger partial charge is 0.460 e. The van der Waals surface area contributed by atoms with Gasteiger partial charge in [-0.25, -0.2) is 0 Å². The average Bonchev–Trinajstić information content (AvgIpc) is 3.31. The Hall–Kier alpha value is -3.97. The van der Waals surface area contributed by atoms with Crippen LogP contribution in [0, 0.1) is 0 Å². The minimum absolute atomic E-state index is 0.232. The molecule has 5 aromatic rings. The van der Waals surface area contributed by atoms with E-state index < -0.39 is 5.60 Å². The molecule has 0 bridgehead atoms. The third-order valence-corrected chi connectivity index (χ3v) is 6.04. The maximum Gasteiger partial charge on any atom is 0.310 e. The Bertz CT molecular complexity index is 1570. The zero-order valence-corrected chi connectivity index (χ0v) is 21.3. The minimum atomic E-state index is -0.491.